The molecule has 3 aliphatic rings. The zero-order chi connectivity index (χ0) is 22.7. The van der Waals surface area contributed by atoms with Crippen LogP contribution in [-0.2, 0) is 22.4 Å². The van der Waals surface area contributed by atoms with Gasteiger partial charge in [0.1, 0.15) is 37.4 Å². The molecule has 0 radical (unpaired) electrons. The normalized spacial score (nSPS) is 27.2. The summed E-state index contributed by atoms with van der Waals surface area (Å²) in [6, 6.07) is 19.8. The highest BCUT2D eigenvalue weighted by atomic mass is 16.6. The van der Waals surface area contributed by atoms with Crippen LogP contribution in [0.2, 0.25) is 0 Å². The van der Waals surface area contributed by atoms with Gasteiger partial charge in [-0.1, -0.05) is 91.9 Å². The van der Waals surface area contributed by atoms with E-state index in [0.717, 1.165) is 31.2 Å². The second kappa shape index (κ2) is 9.98. The lowest BCUT2D eigenvalue weighted by atomic mass is 9.86. The topological polar surface area (TPSA) is 65.8 Å². The summed E-state index contributed by atoms with van der Waals surface area (Å²) < 4.78 is 14.5. The molecule has 6 nitrogen and oxygen atoms in total. The van der Waals surface area contributed by atoms with Gasteiger partial charge in [0.2, 0.25) is 0 Å². The number of hydrogen-bond acceptors (Lipinski definition) is 4. The number of nitrogens with zero attached hydrogens (tertiary/aromatic N) is 3. The lowest BCUT2D eigenvalue weighted by Gasteiger charge is -2.20. The minimum Gasteiger partial charge on any atom is -0.367 e. The number of ether oxygens (including phenoxy) is 2. The predicted octanol–water partition coefficient (Wildman–Crippen LogP) is 3.54. The van der Waals surface area contributed by atoms with E-state index >= 15 is 0 Å². The molecule has 2 saturated heterocycles. The van der Waals surface area contributed by atoms with Gasteiger partial charge in [-0.25, -0.2) is 4.68 Å². The average molecular weight is 460 g/mol. The Morgan fingerprint density at radius 1 is 0.853 bits per heavy atom. The first-order chi connectivity index (χ1) is 16.8. The first kappa shape index (κ1) is 22.0. The molecule has 0 bridgehead atoms. The quantitative estimate of drug-likeness (QED) is 0.587. The Bertz CT molecular complexity index is 1060. The maximum Gasteiger partial charge on any atom is 0.140 e. The maximum atomic E-state index is 6.24. The van der Waals surface area contributed by atoms with E-state index in [-0.39, 0.29) is 18.2 Å². The van der Waals surface area contributed by atoms with E-state index in [4.69, 9.17) is 9.47 Å². The predicted molar refractivity (Wildman–Crippen MR) is 130 cm³/mol. The van der Waals surface area contributed by atoms with Gasteiger partial charge >= 0.3 is 0 Å². The van der Waals surface area contributed by atoms with Crippen molar-refractivity contribution in [3.05, 3.63) is 72.1 Å². The second-order valence-corrected chi connectivity index (χ2v) is 10.2. The van der Waals surface area contributed by atoms with Crippen LogP contribution in [0.15, 0.2) is 60.8 Å². The van der Waals surface area contributed by atoms with Crippen molar-refractivity contribution in [3.63, 3.8) is 0 Å². The third-order valence-corrected chi connectivity index (χ3v) is 7.90. The fourth-order valence-corrected chi connectivity index (χ4v) is 5.94. The summed E-state index contributed by atoms with van der Waals surface area (Å²) in [4.78, 5) is 0. The Labute approximate surface area is 201 Å². The molecule has 0 unspecified atom stereocenters. The summed E-state index contributed by atoms with van der Waals surface area (Å²) in [7, 11) is 0. The Morgan fingerprint density at radius 3 is 2.44 bits per heavy atom. The molecule has 6 rings (SSSR count). The number of fused-ring (bicyclic) bond motifs is 1. The van der Waals surface area contributed by atoms with Crippen molar-refractivity contribution in [1.29, 1.82) is 0 Å². The molecule has 0 amide bonds. The third-order valence-electron chi connectivity index (χ3n) is 7.90. The lowest BCUT2D eigenvalue weighted by molar-refractivity contribution is -0.707. The van der Waals surface area contributed by atoms with E-state index < -0.39 is 0 Å². The van der Waals surface area contributed by atoms with E-state index in [2.05, 4.69) is 76.4 Å². The van der Waals surface area contributed by atoms with Crippen LogP contribution in [0.25, 0.3) is 11.1 Å². The van der Waals surface area contributed by atoms with Gasteiger partial charge in [-0.3, -0.25) is 0 Å². The van der Waals surface area contributed by atoms with Crippen LogP contribution in [0.1, 0.15) is 49.4 Å². The number of aromatic nitrogens is 3. The fraction of sp³-hybridized carbons (Fsp3) is 0.500. The van der Waals surface area contributed by atoms with Crippen LogP contribution in [-0.4, -0.2) is 46.5 Å². The van der Waals surface area contributed by atoms with Gasteiger partial charge in [0.25, 0.3) is 0 Å². The number of rotatable bonds is 7. The summed E-state index contributed by atoms with van der Waals surface area (Å²) in [5.74, 6) is 0.773. The molecule has 1 aromatic heterocycles. The molecule has 3 fully saturated rings. The molecule has 1 saturated carbocycles. The molecule has 3 heterocycles. The van der Waals surface area contributed by atoms with Crippen LogP contribution in [0.3, 0.4) is 0 Å². The van der Waals surface area contributed by atoms with Gasteiger partial charge < -0.3 is 14.8 Å². The first-order valence-corrected chi connectivity index (χ1v) is 12.9. The minimum atomic E-state index is 0.0611. The summed E-state index contributed by atoms with van der Waals surface area (Å²) >= 11 is 0. The van der Waals surface area contributed by atoms with Crippen LogP contribution in [0.4, 0.5) is 0 Å². The third kappa shape index (κ3) is 4.67. The minimum absolute atomic E-state index is 0.0611. The van der Waals surface area contributed by atoms with Crippen molar-refractivity contribution in [3.8, 4) is 11.1 Å². The Morgan fingerprint density at radius 2 is 1.62 bits per heavy atom. The number of hydrogen-bond donors (Lipinski definition) is 1. The van der Waals surface area contributed by atoms with Crippen molar-refractivity contribution in [2.75, 3.05) is 13.2 Å². The zero-order valence-corrected chi connectivity index (χ0v) is 19.8. The Hall–Kier alpha value is -2.54. The fourth-order valence-electron chi connectivity index (χ4n) is 5.94. The molecule has 0 spiro atoms. The van der Waals surface area contributed by atoms with Crippen LogP contribution in [0, 0.1) is 5.92 Å². The average Bonchev–Trinajstić information content (AvgIpc) is 3.62. The summed E-state index contributed by atoms with van der Waals surface area (Å²) in [6.07, 6.45) is 10.1. The monoisotopic (exact) mass is 459 g/mol. The summed E-state index contributed by atoms with van der Waals surface area (Å²) in [5, 5.41) is 11.3. The summed E-state index contributed by atoms with van der Waals surface area (Å²) in [5.41, 5.74) is 4.95. The highest BCUT2D eigenvalue weighted by Crippen LogP contribution is 2.33. The van der Waals surface area contributed by atoms with E-state index in [1.807, 2.05) is 4.68 Å². The second-order valence-electron chi connectivity index (χ2n) is 10.2. The highest BCUT2D eigenvalue weighted by Gasteiger charge is 2.50. The van der Waals surface area contributed by atoms with Crippen molar-refractivity contribution < 1.29 is 14.8 Å². The van der Waals surface area contributed by atoms with Gasteiger partial charge in [0.15, 0.2) is 0 Å². The van der Waals surface area contributed by atoms with E-state index in [1.54, 1.807) is 0 Å². The molecule has 4 atom stereocenters. The molecular weight excluding hydrogens is 424 g/mol. The first-order valence-electron chi connectivity index (χ1n) is 12.9. The van der Waals surface area contributed by atoms with E-state index in [9.17, 15) is 0 Å². The highest BCUT2D eigenvalue weighted by molar-refractivity contribution is 5.63. The molecule has 3 aromatic rings. The van der Waals surface area contributed by atoms with E-state index in [0.29, 0.717) is 12.6 Å². The molecule has 34 heavy (non-hydrogen) atoms. The van der Waals surface area contributed by atoms with Gasteiger partial charge in [0, 0.05) is 11.8 Å². The molecular formula is C28H35N4O2+. The number of quaternary nitrogens is 1. The van der Waals surface area contributed by atoms with Crippen molar-refractivity contribution in [1.82, 2.24) is 15.0 Å². The van der Waals surface area contributed by atoms with Gasteiger partial charge in [-0.2, -0.15) is 0 Å². The van der Waals surface area contributed by atoms with Crippen LogP contribution >= 0.6 is 0 Å². The molecule has 2 aliphatic heterocycles. The van der Waals surface area contributed by atoms with Crippen molar-refractivity contribution in [2.24, 2.45) is 5.92 Å². The van der Waals surface area contributed by atoms with Crippen molar-refractivity contribution in [2.45, 2.75) is 69.4 Å². The van der Waals surface area contributed by atoms with Gasteiger partial charge in [-0.05, 0) is 23.5 Å². The molecule has 2 aromatic carbocycles. The molecule has 6 heteroatoms. The standard InChI is InChI=1S/C28H34N4O2/c1-3-7-20(8-4-1)15-24-17-32(31-30-24)26-19-34-27-25(18-33-28(26)27)29-16-21-11-13-23(14-12-21)22-9-5-2-6-10-22/h2,5-6,9-14,17,20,25-29H,1,3-4,7-8,15-16,18-19H2/p+1/t25-,26-,27+,28+/m0/s1. The SMILES string of the molecule is c1ccc(-c2ccc(C[NH2+][C@H]3CO[C@H]4[C@@H]3OC[C@@H]4n3cc(CC4CCCCC4)nn3)cc2)cc1. The van der Waals surface area contributed by atoms with Gasteiger partial charge in [-0.15, -0.1) is 5.10 Å². The molecule has 2 N–H and O–H groups in total. The number of nitrogens with two attached hydrogens (primary N) is 1. The Kier molecular flexibility index (Phi) is 6.45. The summed E-state index contributed by atoms with van der Waals surface area (Å²) in [6.45, 7) is 2.30. The largest absolute Gasteiger partial charge is 0.367 e. The lowest BCUT2D eigenvalue weighted by Crippen LogP contribution is -2.91. The van der Waals surface area contributed by atoms with Crippen molar-refractivity contribution >= 4 is 0 Å². The molecule has 178 valence electrons. The smallest absolute Gasteiger partial charge is 0.140 e. The Balaban J connectivity index is 1.03. The van der Waals surface area contributed by atoms with Crippen LogP contribution in [0.5, 0.6) is 0 Å². The maximum absolute atomic E-state index is 6.24. The molecule has 1 aliphatic carbocycles. The van der Waals surface area contributed by atoms with Crippen LogP contribution < -0.4 is 5.32 Å². The number of benzene rings is 2. The van der Waals surface area contributed by atoms with E-state index in [1.165, 1.54) is 48.8 Å². The zero-order valence-electron chi connectivity index (χ0n) is 19.8. The van der Waals surface area contributed by atoms with Gasteiger partial charge in [0.05, 0.1) is 12.3 Å².